The van der Waals surface area contributed by atoms with Crippen LogP contribution in [0.5, 0.6) is 0 Å². The Morgan fingerprint density at radius 2 is 1.84 bits per heavy atom. The Hall–Kier alpha value is -1.07. The molecule has 5 heteroatoms. The number of benzene rings is 1. The Balaban J connectivity index is 2.03. The van der Waals surface area contributed by atoms with Crippen LogP contribution in [0.25, 0.3) is 0 Å². The summed E-state index contributed by atoms with van der Waals surface area (Å²) in [7, 11) is -2.96. The summed E-state index contributed by atoms with van der Waals surface area (Å²) in [5.74, 6) is 0.0291. The second kappa shape index (κ2) is 6.39. The van der Waals surface area contributed by atoms with E-state index >= 15 is 0 Å². The maximum Gasteiger partial charge on any atom is 0.160 e. The number of hydrogen-bond donors (Lipinski definition) is 1. The number of nitrogens with one attached hydrogen (secondary N) is 1. The van der Waals surface area contributed by atoms with Gasteiger partial charge in [0.15, 0.2) is 9.84 Å². The first-order valence-corrected chi connectivity index (χ1v) is 8.83. The molecule has 19 heavy (non-hydrogen) atoms. The molecule has 1 fully saturated rings. The Morgan fingerprint density at radius 1 is 1.16 bits per heavy atom. The molecule has 0 bridgehead atoms. The summed E-state index contributed by atoms with van der Waals surface area (Å²) >= 11 is 0. The second-order valence-electron chi connectivity index (χ2n) is 5.17. The zero-order valence-electron chi connectivity index (χ0n) is 11.4. The van der Waals surface area contributed by atoms with Crippen LogP contribution in [0.15, 0.2) is 24.3 Å². The third-order valence-corrected chi connectivity index (χ3v) is 4.10. The summed E-state index contributed by atoms with van der Waals surface area (Å²) < 4.78 is 22.3. The van der Waals surface area contributed by atoms with Crippen LogP contribution in [0.1, 0.15) is 24.8 Å². The van der Waals surface area contributed by atoms with Crippen molar-refractivity contribution in [3.05, 3.63) is 29.8 Å². The largest absolute Gasteiger partial charge is 0.371 e. The topological polar surface area (TPSA) is 49.4 Å². The van der Waals surface area contributed by atoms with Crippen LogP contribution in [-0.4, -0.2) is 33.6 Å². The van der Waals surface area contributed by atoms with Crippen molar-refractivity contribution in [3.8, 4) is 0 Å². The van der Waals surface area contributed by atoms with E-state index in [9.17, 15) is 8.42 Å². The van der Waals surface area contributed by atoms with Gasteiger partial charge in [-0.15, -0.1) is 0 Å². The van der Waals surface area contributed by atoms with Gasteiger partial charge in [0.1, 0.15) is 0 Å². The van der Waals surface area contributed by atoms with E-state index in [4.69, 9.17) is 0 Å². The molecule has 0 spiro atoms. The highest BCUT2D eigenvalue weighted by atomic mass is 32.2. The Bertz CT molecular complexity index is 508. The van der Waals surface area contributed by atoms with Crippen molar-refractivity contribution in [1.82, 2.24) is 5.32 Å². The van der Waals surface area contributed by atoms with Crippen molar-refractivity contribution < 1.29 is 8.42 Å². The van der Waals surface area contributed by atoms with E-state index in [1.165, 1.54) is 36.8 Å². The summed E-state index contributed by atoms with van der Waals surface area (Å²) in [5.41, 5.74) is 2.41. The molecule has 2 rings (SSSR count). The van der Waals surface area contributed by atoms with Crippen molar-refractivity contribution >= 4 is 15.5 Å². The summed E-state index contributed by atoms with van der Waals surface area (Å²) in [6, 6.07) is 8.25. The molecule has 1 aromatic rings. The fraction of sp³-hybridized carbons (Fsp3) is 0.571. The number of hydrogen-bond acceptors (Lipinski definition) is 4. The van der Waals surface area contributed by atoms with E-state index in [-0.39, 0.29) is 5.88 Å². The fourth-order valence-electron chi connectivity index (χ4n) is 2.47. The van der Waals surface area contributed by atoms with Crippen molar-refractivity contribution in [2.75, 3.05) is 30.1 Å². The lowest BCUT2D eigenvalue weighted by molar-refractivity contribution is 0.574. The number of piperidine rings is 1. The molecule has 0 aromatic heterocycles. The summed E-state index contributed by atoms with van der Waals surface area (Å²) in [4.78, 5) is 2.40. The molecule has 4 nitrogen and oxygen atoms in total. The molecular weight excluding hydrogens is 260 g/mol. The summed E-state index contributed by atoms with van der Waals surface area (Å²) in [6.07, 6.45) is 5.04. The third kappa shape index (κ3) is 4.51. The Kier molecular flexibility index (Phi) is 4.82. The van der Waals surface area contributed by atoms with Gasteiger partial charge in [-0.2, -0.15) is 0 Å². The summed E-state index contributed by atoms with van der Waals surface area (Å²) in [5, 5.41) is 3.01. The van der Waals surface area contributed by atoms with Gasteiger partial charge in [-0.3, -0.25) is 5.32 Å². The van der Waals surface area contributed by atoms with Gasteiger partial charge in [-0.1, -0.05) is 18.2 Å². The van der Waals surface area contributed by atoms with E-state index < -0.39 is 9.84 Å². The third-order valence-electron chi connectivity index (χ3n) is 3.37. The van der Waals surface area contributed by atoms with E-state index in [0.29, 0.717) is 6.54 Å². The van der Waals surface area contributed by atoms with Crippen molar-refractivity contribution in [1.29, 1.82) is 0 Å². The lowest BCUT2D eigenvalue weighted by atomic mass is 10.1. The minimum atomic E-state index is -2.96. The zero-order chi connectivity index (χ0) is 13.7. The van der Waals surface area contributed by atoms with E-state index in [1.54, 1.807) is 0 Å². The first-order chi connectivity index (χ1) is 9.06. The smallest absolute Gasteiger partial charge is 0.160 e. The second-order valence-corrected chi connectivity index (χ2v) is 7.31. The molecule has 1 N–H and O–H groups in total. The van der Waals surface area contributed by atoms with Gasteiger partial charge in [0.05, 0.1) is 5.88 Å². The van der Waals surface area contributed by atoms with E-state index in [1.807, 2.05) is 12.1 Å². The quantitative estimate of drug-likeness (QED) is 0.894. The molecule has 0 atom stereocenters. The number of anilines is 1. The molecule has 0 aliphatic carbocycles. The maximum atomic E-state index is 11.1. The van der Waals surface area contributed by atoms with Crippen LogP contribution >= 0.6 is 0 Å². The van der Waals surface area contributed by atoms with Crippen LogP contribution in [-0.2, 0) is 16.4 Å². The molecule has 1 heterocycles. The standard InChI is InChI=1S/C14H22N2O2S/c1-19(17,18)12-15-11-13-7-3-4-8-14(13)16-9-5-2-6-10-16/h3-4,7-8,15H,2,5-6,9-12H2,1H3. The van der Waals surface area contributed by atoms with Crippen LogP contribution in [0.2, 0.25) is 0 Å². The maximum absolute atomic E-state index is 11.1. The van der Waals surface area contributed by atoms with Crippen molar-refractivity contribution in [3.63, 3.8) is 0 Å². The number of sulfone groups is 1. The highest BCUT2D eigenvalue weighted by Gasteiger charge is 2.14. The van der Waals surface area contributed by atoms with E-state index in [2.05, 4.69) is 22.3 Å². The van der Waals surface area contributed by atoms with Crippen LogP contribution in [0.4, 0.5) is 5.69 Å². The zero-order valence-corrected chi connectivity index (χ0v) is 12.2. The number of para-hydroxylation sites is 1. The van der Waals surface area contributed by atoms with Gasteiger partial charge in [-0.25, -0.2) is 8.42 Å². The first kappa shape index (κ1) is 14.3. The molecule has 0 unspecified atom stereocenters. The van der Waals surface area contributed by atoms with Gasteiger partial charge in [0.25, 0.3) is 0 Å². The van der Waals surface area contributed by atoms with Crippen molar-refractivity contribution in [2.45, 2.75) is 25.8 Å². The lowest BCUT2D eigenvalue weighted by Gasteiger charge is -2.30. The predicted molar refractivity (Wildman–Crippen MR) is 79.1 cm³/mol. The SMILES string of the molecule is CS(=O)(=O)CNCc1ccccc1N1CCCCC1. The average Bonchev–Trinajstić information content (AvgIpc) is 2.39. The van der Waals surface area contributed by atoms with Crippen molar-refractivity contribution in [2.24, 2.45) is 0 Å². The van der Waals surface area contributed by atoms with E-state index in [0.717, 1.165) is 13.1 Å². The normalized spacial score (nSPS) is 16.6. The van der Waals surface area contributed by atoms with Gasteiger partial charge < -0.3 is 4.90 Å². The molecule has 0 radical (unpaired) electrons. The first-order valence-electron chi connectivity index (χ1n) is 6.77. The Labute approximate surface area is 115 Å². The molecule has 0 saturated carbocycles. The lowest BCUT2D eigenvalue weighted by Crippen LogP contribution is -2.31. The number of rotatable bonds is 5. The summed E-state index contributed by atoms with van der Waals surface area (Å²) in [6.45, 7) is 2.80. The van der Waals surface area contributed by atoms with Gasteiger partial charge in [-0.05, 0) is 30.9 Å². The van der Waals surface area contributed by atoms with Gasteiger partial charge in [0, 0.05) is 31.6 Å². The fourth-order valence-corrected chi connectivity index (χ4v) is 2.95. The monoisotopic (exact) mass is 282 g/mol. The molecule has 1 aromatic carbocycles. The van der Waals surface area contributed by atoms with Crippen LogP contribution < -0.4 is 10.2 Å². The van der Waals surface area contributed by atoms with Crippen LogP contribution in [0.3, 0.4) is 0 Å². The highest BCUT2D eigenvalue weighted by molar-refractivity contribution is 7.90. The highest BCUT2D eigenvalue weighted by Crippen LogP contribution is 2.23. The molecule has 1 aliphatic rings. The minimum absolute atomic E-state index is 0.0291. The van der Waals surface area contributed by atoms with Gasteiger partial charge in [0.2, 0.25) is 0 Å². The molecule has 1 saturated heterocycles. The molecular formula is C14H22N2O2S. The molecule has 106 valence electrons. The van der Waals surface area contributed by atoms with Crippen LogP contribution in [0, 0.1) is 0 Å². The average molecular weight is 282 g/mol. The number of nitrogens with zero attached hydrogens (tertiary/aromatic N) is 1. The molecule has 1 aliphatic heterocycles. The minimum Gasteiger partial charge on any atom is -0.371 e. The Morgan fingerprint density at radius 3 is 2.53 bits per heavy atom. The van der Waals surface area contributed by atoms with Gasteiger partial charge >= 0.3 is 0 Å². The predicted octanol–water partition coefficient (Wildman–Crippen LogP) is 1.77. The molecule has 0 amide bonds.